The SMILES string of the molecule is CCO[C@H]1C[C@@H](O)C12CCN(c1cc(NCCO)nc(N)n1)CC2. The van der Waals surface area contributed by atoms with Gasteiger partial charge >= 0.3 is 0 Å². The predicted molar refractivity (Wildman–Crippen MR) is 91.9 cm³/mol. The predicted octanol–water partition coefficient (Wildman–Crippen LogP) is 0.219. The van der Waals surface area contributed by atoms with Crippen molar-refractivity contribution in [2.45, 2.75) is 38.4 Å². The van der Waals surface area contributed by atoms with Gasteiger partial charge in [0.25, 0.3) is 0 Å². The van der Waals surface area contributed by atoms with Crippen molar-refractivity contribution >= 4 is 17.6 Å². The number of anilines is 3. The lowest BCUT2D eigenvalue weighted by Gasteiger charge is -2.56. The van der Waals surface area contributed by atoms with Crippen molar-refractivity contribution in [2.24, 2.45) is 5.41 Å². The Morgan fingerprint density at radius 2 is 2.17 bits per heavy atom. The minimum atomic E-state index is -0.270. The standard InChI is InChI=1S/C16H27N5O3/c1-2-24-12-9-11(23)16(12)3-6-21(7-4-16)14-10-13(18-5-8-22)19-15(17)20-14/h10-12,22-23H,2-9H2,1H3,(H3,17,18,19,20)/t11-,12+/m1/s1. The molecule has 2 atom stereocenters. The maximum Gasteiger partial charge on any atom is 0.223 e. The second-order valence-corrected chi connectivity index (χ2v) is 6.54. The van der Waals surface area contributed by atoms with Crippen LogP contribution in [0.25, 0.3) is 0 Å². The Kier molecular flexibility index (Phi) is 5.07. The van der Waals surface area contributed by atoms with Crippen LogP contribution < -0.4 is 16.0 Å². The van der Waals surface area contributed by atoms with Gasteiger partial charge in [-0.2, -0.15) is 9.97 Å². The molecule has 2 aliphatic rings. The van der Waals surface area contributed by atoms with Crippen LogP contribution >= 0.6 is 0 Å². The third-order valence-corrected chi connectivity index (χ3v) is 5.28. The maximum atomic E-state index is 10.3. The van der Waals surface area contributed by atoms with Crippen molar-refractivity contribution in [1.29, 1.82) is 0 Å². The minimum Gasteiger partial charge on any atom is -0.395 e. The summed E-state index contributed by atoms with van der Waals surface area (Å²) in [5.41, 5.74) is 5.69. The molecule has 0 radical (unpaired) electrons. The summed E-state index contributed by atoms with van der Waals surface area (Å²) in [6, 6.07) is 1.85. The summed E-state index contributed by atoms with van der Waals surface area (Å²) in [5, 5.41) is 22.2. The molecule has 1 spiro atoms. The molecule has 3 rings (SSSR count). The van der Waals surface area contributed by atoms with Crippen molar-refractivity contribution < 1.29 is 14.9 Å². The molecule has 2 fully saturated rings. The van der Waals surface area contributed by atoms with Gasteiger partial charge in [-0.1, -0.05) is 0 Å². The van der Waals surface area contributed by atoms with Gasteiger partial charge in [0.1, 0.15) is 11.6 Å². The Labute approximate surface area is 142 Å². The number of piperidine rings is 1. The Morgan fingerprint density at radius 1 is 1.42 bits per heavy atom. The van der Waals surface area contributed by atoms with Crippen LogP contribution in [-0.2, 0) is 4.74 Å². The van der Waals surface area contributed by atoms with Gasteiger partial charge in [-0.3, -0.25) is 0 Å². The number of nitrogens with two attached hydrogens (primary N) is 1. The second kappa shape index (κ2) is 7.08. The highest BCUT2D eigenvalue weighted by molar-refractivity contribution is 5.53. The first-order valence-electron chi connectivity index (χ1n) is 8.63. The fourth-order valence-corrected chi connectivity index (χ4v) is 3.86. The van der Waals surface area contributed by atoms with Crippen molar-refractivity contribution in [3.63, 3.8) is 0 Å². The normalized spacial score (nSPS) is 25.5. The molecule has 2 heterocycles. The smallest absolute Gasteiger partial charge is 0.223 e. The summed E-state index contributed by atoms with van der Waals surface area (Å²) in [7, 11) is 0. The molecular weight excluding hydrogens is 310 g/mol. The zero-order valence-corrected chi connectivity index (χ0v) is 14.1. The fourth-order valence-electron chi connectivity index (χ4n) is 3.86. The van der Waals surface area contributed by atoms with E-state index in [2.05, 4.69) is 20.2 Å². The van der Waals surface area contributed by atoms with Crippen molar-refractivity contribution in [3.05, 3.63) is 6.07 Å². The molecule has 0 aromatic carbocycles. The molecule has 0 unspecified atom stereocenters. The quantitative estimate of drug-likeness (QED) is 0.582. The van der Waals surface area contributed by atoms with Gasteiger partial charge in [0.15, 0.2) is 0 Å². The van der Waals surface area contributed by atoms with Crippen molar-refractivity contribution in [1.82, 2.24) is 9.97 Å². The molecule has 1 aromatic rings. The van der Waals surface area contributed by atoms with E-state index in [1.54, 1.807) is 0 Å². The van der Waals surface area contributed by atoms with Crippen LogP contribution in [0.3, 0.4) is 0 Å². The molecule has 1 saturated heterocycles. The van der Waals surface area contributed by atoms with Crippen LogP contribution in [0.2, 0.25) is 0 Å². The van der Waals surface area contributed by atoms with E-state index in [0.717, 1.165) is 38.2 Å². The minimum absolute atomic E-state index is 0.0299. The van der Waals surface area contributed by atoms with Crippen LogP contribution in [-0.4, -0.2) is 65.2 Å². The maximum absolute atomic E-state index is 10.3. The molecule has 1 aliphatic carbocycles. The number of hydrogen-bond donors (Lipinski definition) is 4. The number of rotatable bonds is 6. The van der Waals surface area contributed by atoms with Crippen LogP contribution in [0.4, 0.5) is 17.6 Å². The molecule has 0 amide bonds. The summed E-state index contributed by atoms with van der Waals surface area (Å²) in [6.07, 6.45) is 2.39. The Bertz CT molecular complexity index is 561. The molecule has 8 heteroatoms. The highest BCUT2D eigenvalue weighted by Gasteiger charge is 2.56. The van der Waals surface area contributed by atoms with E-state index in [0.29, 0.717) is 19.0 Å². The third-order valence-electron chi connectivity index (χ3n) is 5.28. The molecule has 1 aromatic heterocycles. The molecular formula is C16H27N5O3. The summed E-state index contributed by atoms with van der Waals surface area (Å²) >= 11 is 0. The second-order valence-electron chi connectivity index (χ2n) is 6.54. The van der Waals surface area contributed by atoms with Crippen molar-refractivity contribution in [3.8, 4) is 0 Å². The number of aromatic nitrogens is 2. The monoisotopic (exact) mass is 337 g/mol. The number of aliphatic hydroxyl groups excluding tert-OH is 2. The van der Waals surface area contributed by atoms with Crippen LogP contribution in [0.15, 0.2) is 6.07 Å². The van der Waals surface area contributed by atoms with Gasteiger partial charge in [0.05, 0.1) is 18.8 Å². The van der Waals surface area contributed by atoms with Crippen molar-refractivity contribution in [2.75, 3.05) is 48.8 Å². The summed E-state index contributed by atoms with van der Waals surface area (Å²) in [6.45, 7) is 4.74. The van der Waals surface area contributed by atoms with Crippen LogP contribution in [0.5, 0.6) is 0 Å². The number of ether oxygens (including phenoxy) is 1. The Balaban J connectivity index is 1.67. The number of nitrogens with one attached hydrogen (secondary N) is 1. The summed E-state index contributed by atoms with van der Waals surface area (Å²) in [4.78, 5) is 10.6. The zero-order valence-electron chi connectivity index (χ0n) is 14.1. The summed E-state index contributed by atoms with van der Waals surface area (Å²) in [5.74, 6) is 1.60. The van der Waals surface area contributed by atoms with E-state index >= 15 is 0 Å². The van der Waals surface area contributed by atoms with E-state index in [1.165, 1.54) is 0 Å². The first-order chi connectivity index (χ1) is 11.6. The Morgan fingerprint density at radius 3 is 2.79 bits per heavy atom. The number of nitrogens with zero attached hydrogens (tertiary/aromatic N) is 3. The lowest BCUT2D eigenvalue weighted by Crippen LogP contribution is -2.62. The zero-order chi connectivity index (χ0) is 17.2. The first kappa shape index (κ1) is 17.2. The average Bonchev–Trinajstić information content (AvgIpc) is 2.59. The van der Waals surface area contributed by atoms with E-state index in [9.17, 15) is 5.11 Å². The van der Waals surface area contributed by atoms with E-state index in [1.807, 2.05) is 13.0 Å². The molecule has 1 aliphatic heterocycles. The van der Waals surface area contributed by atoms with Gasteiger partial charge in [-0.15, -0.1) is 0 Å². The molecule has 24 heavy (non-hydrogen) atoms. The average molecular weight is 337 g/mol. The van der Waals surface area contributed by atoms with Gasteiger partial charge in [-0.25, -0.2) is 0 Å². The largest absolute Gasteiger partial charge is 0.395 e. The number of hydrogen-bond acceptors (Lipinski definition) is 8. The highest BCUT2D eigenvalue weighted by Crippen LogP contribution is 2.51. The van der Waals surface area contributed by atoms with Gasteiger partial charge < -0.3 is 30.9 Å². The van der Waals surface area contributed by atoms with Gasteiger partial charge in [-0.05, 0) is 19.8 Å². The van der Waals surface area contributed by atoms with E-state index < -0.39 is 0 Å². The van der Waals surface area contributed by atoms with E-state index in [-0.39, 0.29) is 30.2 Å². The topological polar surface area (TPSA) is 117 Å². The summed E-state index contributed by atoms with van der Waals surface area (Å²) < 4.78 is 5.81. The van der Waals surface area contributed by atoms with Gasteiger partial charge in [0.2, 0.25) is 5.95 Å². The first-order valence-corrected chi connectivity index (χ1v) is 8.63. The molecule has 1 saturated carbocycles. The van der Waals surface area contributed by atoms with Gasteiger partial charge in [0, 0.05) is 44.1 Å². The molecule has 8 nitrogen and oxygen atoms in total. The van der Waals surface area contributed by atoms with Crippen LogP contribution in [0, 0.1) is 5.41 Å². The number of aliphatic hydroxyl groups is 2. The molecule has 5 N–H and O–H groups in total. The number of nitrogen functional groups attached to an aromatic ring is 1. The Hall–Kier alpha value is -1.64. The fraction of sp³-hybridized carbons (Fsp3) is 0.750. The van der Waals surface area contributed by atoms with E-state index in [4.69, 9.17) is 15.6 Å². The lowest BCUT2D eigenvalue weighted by atomic mass is 9.58. The highest BCUT2D eigenvalue weighted by atomic mass is 16.5. The third kappa shape index (κ3) is 3.13. The molecule has 134 valence electrons. The lowest BCUT2D eigenvalue weighted by molar-refractivity contribution is -0.199. The van der Waals surface area contributed by atoms with Crippen LogP contribution in [0.1, 0.15) is 26.2 Å². The molecule has 0 bridgehead atoms.